The van der Waals surface area contributed by atoms with Crippen LogP contribution >= 0.6 is 58.0 Å². The predicted molar refractivity (Wildman–Crippen MR) is 99.9 cm³/mol. The number of rotatable bonds is 0. The minimum absolute atomic E-state index is 1.50. The Balaban J connectivity index is -0.0000000522. The molecule has 0 aromatic heterocycles. The first-order valence-electron chi connectivity index (χ1n) is 7.09. The molecule has 0 aromatic rings. The van der Waals surface area contributed by atoms with E-state index in [1.165, 1.54) is 38.5 Å². The highest BCUT2D eigenvalue weighted by molar-refractivity contribution is 6.19. The summed E-state index contributed by atoms with van der Waals surface area (Å²) in [5.74, 6) is -13.5. The molecular formula is C13H23Cl5F10O. The van der Waals surface area contributed by atoms with E-state index in [2.05, 4.69) is 62.7 Å². The molecule has 2 rings (SSSR count). The quantitative estimate of drug-likeness (QED) is 0.211. The van der Waals surface area contributed by atoms with Crippen LogP contribution in [-0.2, 0) is 4.74 Å². The van der Waals surface area contributed by atoms with Crippen molar-refractivity contribution in [2.24, 2.45) is 0 Å². The van der Waals surface area contributed by atoms with Crippen molar-refractivity contribution < 1.29 is 48.6 Å². The summed E-state index contributed by atoms with van der Waals surface area (Å²) in [6, 6.07) is 0. The third-order valence-electron chi connectivity index (χ3n) is 0.707. The van der Waals surface area contributed by atoms with Crippen LogP contribution < -0.4 is 0 Å². The maximum Gasteiger partial charge on any atom is 0.312 e. The van der Waals surface area contributed by atoms with Gasteiger partial charge in [0.2, 0.25) is 0 Å². The second-order valence-corrected chi connectivity index (χ2v) is 5.42. The van der Waals surface area contributed by atoms with E-state index in [9.17, 15) is 43.9 Å². The van der Waals surface area contributed by atoms with Gasteiger partial charge in [-0.15, -0.1) is 0 Å². The largest absolute Gasteiger partial charge is 0.388 e. The topological polar surface area (TPSA) is 9.23 Å². The predicted octanol–water partition coefficient (Wildman–Crippen LogP) is 9.84. The smallest absolute Gasteiger partial charge is 0.312 e. The number of hydrogen-bond acceptors (Lipinski definition) is 1. The van der Waals surface area contributed by atoms with Gasteiger partial charge in [0.1, 0.15) is 0 Å². The fraction of sp³-hybridized carbons (Fsp3) is 1.00. The molecule has 0 amide bonds. The van der Waals surface area contributed by atoms with Crippen molar-refractivity contribution in [1.82, 2.24) is 0 Å². The Morgan fingerprint density at radius 2 is 0.448 bits per heavy atom. The van der Waals surface area contributed by atoms with Crippen molar-refractivity contribution in [2.75, 3.05) is 14.2 Å². The van der Waals surface area contributed by atoms with Crippen molar-refractivity contribution >= 4 is 58.0 Å². The van der Waals surface area contributed by atoms with Gasteiger partial charge in [-0.3, -0.25) is 0 Å². The van der Waals surface area contributed by atoms with E-state index in [-0.39, 0.29) is 0 Å². The molecule has 29 heavy (non-hydrogen) atoms. The first-order chi connectivity index (χ1) is 13.1. The molecule has 0 unspecified atom stereocenters. The molecule has 0 saturated heterocycles. The molecule has 0 N–H and O–H groups in total. The minimum atomic E-state index is -2.69. The molecule has 2 aliphatic carbocycles. The van der Waals surface area contributed by atoms with E-state index >= 15 is 0 Å². The summed E-state index contributed by atoms with van der Waals surface area (Å²) in [7, 11) is 3.25. The molecule has 0 spiro atoms. The van der Waals surface area contributed by atoms with Crippen molar-refractivity contribution in [3.63, 3.8) is 0 Å². The number of alkyl halides is 15. The highest BCUT2D eigenvalue weighted by Crippen LogP contribution is 2.15. The van der Waals surface area contributed by atoms with Gasteiger partial charge in [0, 0.05) is 14.2 Å². The third kappa shape index (κ3) is 2790. The van der Waals surface area contributed by atoms with Crippen LogP contribution in [0.4, 0.5) is 43.9 Å². The molecule has 2 aliphatic rings. The Labute approximate surface area is 188 Å². The zero-order valence-electron chi connectivity index (χ0n) is 15.2. The average molecular weight is 563 g/mol. The van der Waals surface area contributed by atoms with Gasteiger partial charge in [-0.2, -0.15) is 43.9 Å². The van der Waals surface area contributed by atoms with Gasteiger partial charge < -0.3 is 4.74 Å². The Morgan fingerprint density at radius 1 is 0.414 bits per heavy atom. The van der Waals surface area contributed by atoms with Crippen LogP contribution in [0.5, 0.6) is 0 Å². The SMILES string of the molecule is C1CC1.C1CC1.COC.FC(F)Cl.FC(F)Cl.FC(F)Cl.FC(F)Cl.FC(F)Cl. The third-order valence-corrected chi connectivity index (χ3v) is 0.707. The maximum atomic E-state index is 10.1. The normalized spacial score (nSPS) is 11.8. The molecule has 2 saturated carbocycles. The fourth-order valence-electron chi connectivity index (χ4n) is 0. The summed E-state index contributed by atoms with van der Waals surface area (Å²) in [5, 5.41) is 0. The lowest BCUT2D eigenvalue weighted by atomic mass is 11.0. The molecule has 186 valence electrons. The Bertz CT molecular complexity index is 170. The summed E-state index contributed by atoms with van der Waals surface area (Å²) in [6.07, 6.45) is 9.00. The fourth-order valence-corrected chi connectivity index (χ4v) is 0. The molecule has 2 fully saturated rings. The van der Waals surface area contributed by atoms with Crippen molar-refractivity contribution in [2.45, 2.75) is 67.9 Å². The zero-order valence-corrected chi connectivity index (χ0v) is 19.0. The van der Waals surface area contributed by atoms with Crippen LogP contribution in [0.1, 0.15) is 38.5 Å². The number of hydrogen-bond donors (Lipinski definition) is 0. The lowest BCUT2D eigenvalue weighted by Gasteiger charge is -1.66. The van der Waals surface area contributed by atoms with E-state index in [0.29, 0.717) is 0 Å². The van der Waals surface area contributed by atoms with Gasteiger partial charge in [0.25, 0.3) is 0 Å². The molecular weight excluding hydrogens is 539 g/mol. The zero-order chi connectivity index (χ0) is 24.8. The van der Waals surface area contributed by atoms with E-state index in [1.807, 2.05) is 0 Å². The van der Waals surface area contributed by atoms with Crippen LogP contribution in [-0.4, -0.2) is 43.6 Å². The van der Waals surface area contributed by atoms with Gasteiger partial charge >= 0.3 is 29.4 Å². The maximum absolute atomic E-state index is 10.1. The summed E-state index contributed by atoms with van der Waals surface area (Å²) in [6.45, 7) is 0. The second-order valence-electron chi connectivity index (χ2n) is 3.77. The molecule has 0 radical (unpaired) electrons. The number of halogens is 15. The molecule has 0 heterocycles. The van der Waals surface area contributed by atoms with Crippen molar-refractivity contribution in [3.8, 4) is 0 Å². The van der Waals surface area contributed by atoms with E-state index in [4.69, 9.17) is 0 Å². The Hall–Kier alpha value is 0.710. The average Bonchev–Trinajstić information content (AvgIpc) is 3.26. The van der Waals surface area contributed by atoms with Crippen molar-refractivity contribution in [1.29, 1.82) is 0 Å². The molecule has 1 nitrogen and oxygen atoms in total. The monoisotopic (exact) mass is 560 g/mol. The van der Waals surface area contributed by atoms with Gasteiger partial charge in [-0.1, -0.05) is 96.5 Å². The number of ether oxygens (including phenoxy) is 1. The first kappa shape index (κ1) is 43.6. The van der Waals surface area contributed by atoms with Gasteiger partial charge in [0.05, 0.1) is 0 Å². The van der Waals surface area contributed by atoms with E-state index in [0.717, 1.165) is 0 Å². The summed E-state index contributed by atoms with van der Waals surface area (Å²) in [4.78, 5) is 0. The van der Waals surface area contributed by atoms with Crippen molar-refractivity contribution in [3.05, 3.63) is 0 Å². The highest BCUT2D eigenvalue weighted by Gasteiger charge is 1.95. The van der Waals surface area contributed by atoms with E-state index in [1.54, 1.807) is 14.2 Å². The minimum Gasteiger partial charge on any atom is -0.388 e. The summed E-state index contributed by atoms with van der Waals surface area (Å²) < 4.78 is 105. The Morgan fingerprint density at radius 3 is 0.448 bits per heavy atom. The van der Waals surface area contributed by atoms with Crippen LogP contribution in [0, 0.1) is 0 Å². The molecule has 0 bridgehead atoms. The summed E-state index contributed by atoms with van der Waals surface area (Å²) in [5.41, 5.74) is 0. The lowest BCUT2D eigenvalue weighted by Crippen LogP contribution is -1.62. The lowest BCUT2D eigenvalue weighted by molar-refractivity contribution is 0.243. The second kappa shape index (κ2) is 42.7. The van der Waals surface area contributed by atoms with Crippen LogP contribution in [0.3, 0.4) is 0 Å². The van der Waals surface area contributed by atoms with Crippen LogP contribution in [0.25, 0.3) is 0 Å². The van der Waals surface area contributed by atoms with E-state index < -0.39 is 29.4 Å². The number of methoxy groups -OCH3 is 1. The van der Waals surface area contributed by atoms with Gasteiger partial charge in [-0.05, 0) is 0 Å². The molecule has 0 aromatic carbocycles. The Kier molecular flexibility index (Phi) is 64.2. The molecule has 0 aliphatic heterocycles. The van der Waals surface area contributed by atoms with Gasteiger partial charge in [-0.25, -0.2) is 0 Å². The standard InChI is InChI=1S/2C3H6.C2H6O.5CHClF2/c2*1-2-3-1;1-3-2;5*2-1(3)4/h2*1-3H2;1-2H3;5*1H. The van der Waals surface area contributed by atoms with Crippen LogP contribution in [0.15, 0.2) is 0 Å². The first-order valence-corrected chi connectivity index (χ1v) is 9.27. The highest BCUT2D eigenvalue weighted by atomic mass is 35.5. The van der Waals surface area contributed by atoms with Crippen LogP contribution in [0.2, 0.25) is 0 Å². The molecule has 0 atom stereocenters. The molecule has 16 heteroatoms. The summed E-state index contributed by atoms with van der Waals surface area (Å²) >= 11 is 19.7. The van der Waals surface area contributed by atoms with Gasteiger partial charge in [0.15, 0.2) is 0 Å².